The van der Waals surface area contributed by atoms with Crippen LogP contribution in [0.3, 0.4) is 0 Å². The Morgan fingerprint density at radius 3 is 1.79 bits per heavy atom. The van der Waals surface area contributed by atoms with E-state index in [0.29, 0.717) is 0 Å². The van der Waals surface area contributed by atoms with Crippen LogP contribution in [0.15, 0.2) is 13.2 Å². The van der Waals surface area contributed by atoms with Crippen molar-refractivity contribution in [2.45, 2.75) is 58.7 Å². The first-order chi connectivity index (χ1) is 8.91. The Kier molecular flexibility index (Phi) is 13.2. The van der Waals surface area contributed by atoms with Gasteiger partial charge in [-0.2, -0.15) is 0 Å². The van der Waals surface area contributed by atoms with Gasteiger partial charge in [0.25, 0.3) is 0 Å². The summed E-state index contributed by atoms with van der Waals surface area (Å²) in [6.07, 6.45) is -0.400. The van der Waals surface area contributed by atoms with Crippen molar-refractivity contribution < 1.29 is 23.0 Å². The van der Waals surface area contributed by atoms with Crippen molar-refractivity contribution in [2.75, 3.05) is 13.2 Å². The minimum Gasteiger partial charge on any atom is -0.353 e. The molecule has 19 heavy (non-hydrogen) atoms. The molecule has 0 spiro atoms. The number of ether oxygens (including phenoxy) is 2. The molecule has 0 heterocycles. The molecule has 1 saturated carbocycles. The number of carbonyl (C=O) groups is 1. The fourth-order valence-corrected chi connectivity index (χ4v) is 1.41. The zero-order valence-electron chi connectivity index (χ0n) is 12.2. The number of carbonyl (C=O) groups excluding carboxylic acids is 1. The summed E-state index contributed by atoms with van der Waals surface area (Å²) in [5, 5.41) is 0. The quantitative estimate of drug-likeness (QED) is 0.577. The number of halogens is 2. The van der Waals surface area contributed by atoms with Crippen molar-refractivity contribution in [2.24, 2.45) is 0 Å². The van der Waals surface area contributed by atoms with Gasteiger partial charge in [-0.15, -0.1) is 13.2 Å². The van der Waals surface area contributed by atoms with Gasteiger partial charge in [-0.25, -0.2) is 8.78 Å². The van der Waals surface area contributed by atoms with Gasteiger partial charge >= 0.3 is 0 Å². The predicted molar refractivity (Wildman–Crippen MR) is 72.4 cm³/mol. The molecule has 1 aliphatic rings. The van der Waals surface area contributed by atoms with Crippen LogP contribution in [0, 0.1) is 0 Å². The van der Waals surface area contributed by atoms with Crippen LogP contribution in [0.25, 0.3) is 0 Å². The van der Waals surface area contributed by atoms with E-state index in [1.54, 1.807) is 0 Å². The van der Waals surface area contributed by atoms with Crippen molar-refractivity contribution in [3.8, 4) is 0 Å². The van der Waals surface area contributed by atoms with Crippen LogP contribution in [0.2, 0.25) is 0 Å². The molecule has 0 N–H and O–H groups in total. The number of rotatable bonds is 4. The van der Waals surface area contributed by atoms with Crippen LogP contribution in [0.4, 0.5) is 8.78 Å². The molecule has 0 saturated heterocycles. The van der Waals surface area contributed by atoms with Gasteiger partial charge in [0.1, 0.15) is 5.78 Å². The maximum Gasteiger partial charge on any atom is 0.249 e. The lowest BCUT2D eigenvalue weighted by molar-refractivity contribution is -0.128. The van der Waals surface area contributed by atoms with Gasteiger partial charge in [-0.1, -0.05) is 0 Å². The van der Waals surface area contributed by atoms with E-state index in [1.165, 1.54) is 0 Å². The summed E-state index contributed by atoms with van der Waals surface area (Å²) in [5.74, 6) is -2.59. The van der Waals surface area contributed by atoms with Gasteiger partial charge in [-0.05, 0) is 20.8 Å². The van der Waals surface area contributed by atoms with Crippen molar-refractivity contribution in [3.63, 3.8) is 0 Å². The molecule has 1 fully saturated rings. The molecule has 0 amide bonds. The van der Waals surface area contributed by atoms with E-state index < -0.39 is 5.92 Å². The third-order valence-corrected chi connectivity index (χ3v) is 2.34. The van der Waals surface area contributed by atoms with Gasteiger partial charge in [0.2, 0.25) is 5.92 Å². The summed E-state index contributed by atoms with van der Waals surface area (Å²) in [6, 6.07) is 0. The number of ketones is 1. The van der Waals surface area contributed by atoms with E-state index in [1.807, 2.05) is 20.8 Å². The van der Waals surface area contributed by atoms with Crippen LogP contribution in [0.5, 0.6) is 0 Å². The predicted octanol–water partition coefficient (Wildman–Crippen LogP) is 3.97. The second kappa shape index (κ2) is 12.2. The smallest absolute Gasteiger partial charge is 0.249 e. The summed E-state index contributed by atoms with van der Waals surface area (Å²) in [4.78, 5) is 10.4. The van der Waals surface area contributed by atoms with Crippen LogP contribution < -0.4 is 0 Å². The van der Waals surface area contributed by atoms with E-state index in [0.717, 1.165) is 13.2 Å². The minimum atomic E-state index is -2.56. The first-order valence-corrected chi connectivity index (χ1v) is 6.54. The van der Waals surface area contributed by atoms with Crippen molar-refractivity contribution in [1.82, 2.24) is 0 Å². The molecular formula is C14H26F2O3. The molecule has 0 aromatic carbocycles. The highest BCUT2D eigenvalue weighted by molar-refractivity contribution is 5.79. The molecule has 0 aliphatic heterocycles. The summed E-state index contributed by atoms with van der Waals surface area (Å²) in [6.45, 7) is 13.3. The van der Waals surface area contributed by atoms with E-state index in [4.69, 9.17) is 9.47 Å². The Balaban J connectivity index is 0. The Morgan fingerprint density at radius 2 is 1.53 bits per heavy atom. The molecule has 0 radical (unpaired) electrons. The monoisotopic (exact) mass is 280 g/mol. The fourth-order valence-electron chi connectivity index (χ4n) is 1.41. The Morgan fingerprint density at radius 1 is 1.16 bits per heavy atom. The molecule has 1 rings (SSSR count). The molecule has 0 unspecified atom stereocenters. The van der Waals surface area contributed by atoms with Crippen LogP contribution in [-0.2, 0) is 14.3 Å². The minimum absolute atomic E-state index is 0.0269. The SMILES string of the molecule is C=C.CCOC(C)OCC.O=C1CCC(F)(F)CC1. The van der Waals surface area contributed by atoms with E-state index >= 15 is 0 Å². The summed E-state index contributed by atoms with van der Waals surface area (Å²) < 4.78 is 34.6. The zero-order chi connectivity index (χ0) is 15.3. The Bertz CT molecular complexity index is 215. The molecule has 0 aromatic heterocycles. The van der Waals surface area contributed by atoms with Gasteiger partial charge in [0, 0.05) is 38.9 Å². The normalized spacial score (nSPS) is 17.1. The molecule has 0 bridgehead atoms. The maximum atomic E-state index is 12.2. The lowest BCUT2D eigenvalue weighted by Gasteiger charge is -2.19. The summed E-state index contributed by atoms with van der Waals surface area (Å²) >= 11 is 0. The molecule has 0 atom stereocenters. The third-order valence-electron chi connectivity index (χ3n) is 2.34. The zero-order valence-corrected chi connectivity index (χ0v) is 12.2. The topological polar surface area (TPSA) is 35.5 Å². The standard InChI is InChI=1S/C6H8F2O.C6H14O2.C2H4/c7-6(8)3-1-5(9)2-4-6;1-4-7-6(3)8-5-2;1-2/h1-4H2;6H,4-5H2,1-3H3;1-2H2. The number of alkyl halides is 2. The second-order valence-corrected chi connectivity index (χ2v) is 3.87. The summed E-state index contributed by atoms with van der Waals surface area (Å²) in [7, 11) is 0. The van der Waals surface area contributed by atoms with Crippen LogP contribution >= 0.6 is 0 Å². The highest BCUT2D eigenvalue weighted by Gasteiger charge is 2.33. The highest BCUT2D eigenvalue weighted by atomic mass is 19.3. The number of hydrogen-bond donors (Lipinski definition) is 0. The van der Waals surface area contributed by atoms with Gasteiger partial charge in [0.15, 0.2) is 6.29 Å². The molecule has 5 heteroatoms. The molecular weight excluding hydrogens is 254 g/mol. The Hall–Kier alpha value is -0.810. The first kappa shape index (κ1) is 20.5. The highest BCUT2D eigenvalue weighted by Crippen LogP contribution is 2.30. The number of Topliss-reactive ketones (excluding diaryl/α,β-unsaturated/α-hetero) is 1. The van der Waals surface area contributed by atoms with Crippen LogP contribution in [-0.4, -0.2) is 31.2 Å². The average Bonchev–Trinajstić information content (AvgIpc) is 2.37. The van der Waals surface area contributed by atoms with Crippen molar-refractivity contribution >= 4 is 5.78 Å². The number of hydrogen-bond acceptors (Lipinski definition) is 3. The van der Waals surface area contributed by atoms with Crippen LogP contribution in [0.1, 0.15) is 46.5 Å². The first-order valence-electron chi connectivity index (χ1n) is 6.54. The van der Waals surface area contributed by atoms with E-state index in [-0.39, 0.29) is 37.8 Å². The van der Waals surface area contributed by atoms with Gasteiger partial charge < -0.3 is 9.47 Å². The second-order valence-electron chi connectivity index (χ2n) is 3.87. The lowest BCUT2D eigenvalue weighted by Crippen LogP contribution is -2.24. The Labute approximate surface area is 115 Å². The van der Waals surface area contributed by atoms with Gasteiger partial charge in [-0.3, -0.25) is 4.79 Å². The van der Waals surface area contributed by atoms with Crippen molar-refractivity contribution in [3.05, 3.63) is 13.2 Å². The fraction of sp³-hybridized carbons (Fsp3) is 0.786. The maximum absolute atomic E-state index is 12.2. The molecule has 0 aromatic rings. The van der Waals surface area contributed by atoms with Gasteiger partial charge in [0.05, 0.1) is 0 Å². The average molecular weight is 280 g/mol. The van der Waals surface area contributed by atoms with Crippen molar-refractivity contribution in [1.29, 1.82) is 0 Å². The molecule has 114 valence electrons. The largest absolute Gasteiger partial charge is 0.353 e. The molecule has 3 nitrogen and oxygen atoms in total. The molecule has 1 aliphatic carbocycles. The lowest BCUT2D eigenvalue weighted by atomic mass is 9.96. The third kappa shape index (κ3) is 13.4. The van der Waals surface area contributed by atoms with E-state index in [2.05, 4.69) is 13.2 Å². The summed E-state index contributed by atoms with van der Waals surface area (Å²) in [5.41, 5.74) is 0. The van der Waals surface area contributed by atoms with E-state index in [9.17, 15) is 13.6 Å².